The standard InChI is InChI=1S/C13H18O2/c1-9-5-6-12(7-10(9)2)11(3)8-13(14)15-4/h5-7,11H,8H2,1-4H3. The van der Waals surface area contributed by atoms with Crippen LogP contribution in [0.15, 0.2) is 18.2 Å². The number of carbonyl (C=O) groups is 1. The summed E-state index contributed by atoms with van der Waals surface area (Å²) in [5.74, 6) is 0.0671. The van der Waals surface area contributed by atoms with Crippen LogP contribution in [0, 0.1) is 13.8 Å². The van der Waals surface area contributed by atoms with Crippen LogP contribution in [0.5, 0.6) is 0 Å². The average molecular weight is 206 g/mol. The van der Waals surface area contributed by atoms with Gasteiger partial charge in [0.15, 0.2) is 0 Å². The van der Waals surface area contributed by atoms with Gasteiger partial charge in [0.1, 0.15) is 0 Å². The predicted molar refractivity (Wildman–Crippen MR) is 61.0 cm³/mol. The van der Waals surface area contributed by atoms with E-state index in [0.29, 0.717) is 6.42 Å². The first-order chi connectivity index (χ1) is 7.04. The summed E-state index contributed by atoms with van der Waals surface area (Å²) in [6, 6.07) is 6.32. The third-order valence-corrected chi connectivity index (χ3v) is 2.80. The molecule has 0 bridgehead atoms. The highest BCUT2D eigenvalue weighted by Crippen LogP contribution is 2.21. The van der Waals surface area contributed by atoms with Gasteiger partial charge in [0.05, 0.1) is 13.5 Å². The van der Waals surface area contributed by atoms with E-state index in [4.69, 9.17) is 0 Å². The Bertz CT molecular complexity index is 356. The quantitative estimate of drug-likeness (QED) is 0.711. The van der Waals surface area contributed by atoms with Gasteiger partial charge in [-0.1, -0.05) is 25.1 Å². The molecule has 0 aliphatic rings. The van der Waals surface area contributed by atoms with Crippen LogP contribution in [-0.4, -0.2) is 13.1 Å². The van der Waals surface area contributed by atoms with Crippen molar-refractivity contribution in [3.63, 3.8) is 0 Å². The second-order valence-electron chi connectivity index (χ2n) is 4.03. The van der Waals surface area contributed by atoms with E-state index in [2.05, 4.69) is 36.8 Å². The number of aryl methyl sites for hydroxylation is 2. The van der Waals surface area contributed by atoms with Crippen molar-refractivity contribution in [2.75, 3.05) is 7.11 Å². The molecule has 0 aliphatic heterocycles. The molecule has 0 aliphatic carbocycles. The van der Waals surface area contributed by atoms with Gasteiger partial charge in [-0.2, -0.15) is 0 Å². The summed E-state index contributed by atoms with van der Waals surface area (Å²) in [5.41, 5.74) is 3.75. The Kier molecular flexibility index (Phi) is 3.89. The lowest BCUT2D eigenvalue weighted by atomic mass is 9.95. The second kappa shape index (κ2) is 4.96. The molecule has 0 saturated heterocycles. The lowest BCUT2D eigenvalue weighted by Crippen LogP contribution is -2.06. The lowest BCUT2D eigenvalue weighted by Gasteiger charge is -2.12. The molecule has 0 N–H and O–H groups in total. The molecule has 0 aromatic heterocycles. The Labute approximate surface area is 91.3 Å². The molecular formula is C13H18O2. The van der Waals surface area contributed by atoms with E-state index >= 15 is 0 Å². The topological polar surface area (TPSA) is 26.3 Å². The van der Waals surface area contributed by atoms with Crippen LogP contribution in [-0.2, 0) is 9.53 Å². The van der Waals surface area contributed by atoms with E-state index in [1.54, 1.807) is 0 Å². The third kappa shape index (κ3) is 3.08. The van der Waals surface area contributed by atoms with E-state index in [1.165, 1.54) is 23.8 Å². The van der Waals surface area contributed by atoms with E-state index in [-0.39, 0.29) is 11.9 Å². The van der Waals surface area contributed by atoms with Crippen LogP contribution in [0.25, 0.3) is 0 Å². The summed E-state index contributed by atoms with van der Waals surface area (Å²) >= 11 is 0. The zero-order valence-corrected chi connectivity index (χ0v) is 9.83. The average Bonchev–Trinajstić information content (AvgIpc) is 2.21. The monoisotopic (exact) mass is 206 g/mol. The molecule has 1 aromatic carbocycles. The minimum absolute atomic E-state index is 0.152. The molecule has 1 unspecified atom stereocenters. The summed E-state index contributed by atoms with van der Waals surface area (Å²) in [4.78, 5) is 11.1. The molecule has 0 heterocycles. The molecule has 15 heavy (non-hydrogen) atoms. The van der Waals surface area contributed by atoms with Crippen molar-refractivity contribution in [2.24, 2.45) is 0 Å². The maximum Gasteiger partial charge on any atom is 0.306 e. The number of ether oxygens (including phenoxy) is 1. The number of methoxy groups -OCH3 is 1. The maximum atomic E-state index is 11.1. The third-order valence-electron chi connectivity index (χ3n) is 2.80. The number of hydrogen-bond donors (Lipinski definition) is 0. The summed E-state index contributed by atoms with van der Waals surface area (Å²) in [7, 11) is 1.43. The van der Waals surface area contributed by atoms with Crippen molar-refractivity contribution < 1.29 is 9.53 Å². The van der Waals surface area contributed by atoms with E-state index in [0.717, 1.165) is 0 Å². The van der Waals surface area contributed by atoms with Crippen molar-refractivity contribution in [3.8, 4) is 0 Å². The van der Waals surface area contributed by atoms with Gasteiger partial charge in [0.25, 0.3) is 0 Å². The molecule has 1 atom stereocenters. The van der Waals surface area contributed by atoms with E-state index < -0.39 is 0 Å². The summed E-state index contributed by atoms with van der Waals surface area (Å²) in [6.07, 6.45) is 0.443. The Morgan fingerprint density at radius 1 is 1.33 bits per heavy atom. The minimum Gasteiger partial charge on any atom is -0.469 e. The Morgan fingerprint density at radius 3 is 2.53 bits per heavy atom. The second-order valence-corrected chi connectivity index (χ2v) is 4.03. The van der Waals surface area contributed by atoms with Crippen molar-refractivity contribution in [1.29, 1.82) is 0 Å². The largest absolute Gasteiger partial charge is 0.469 e. The molecule has 82 valence electrons. The van der Waals surface area contributed by atoms with Crippen LogP contribution in [0.2, 0.25) is 0 Å². The van der Waals surface area contributed by atoms with Crippen LogP contribution in [0.4, 0.5) is 0 Å². The van der Waals surface area contributed by atoms with E-state index in [1.807, 2.05) is 6.92 Å². The SMILES string of the molecule is COC(=O)CC(C)c1ccc(C)c(C)c1. The van der Waals surface area contributed by atoms with Gasteiger partial charge in [-0.15, -0.1) is 0 Å². The van der Waals surface area contributed by atoms with Crippen molar-refractivity contribution in [3.05, 3.63) is 34.9 Å². The smallest absolute Gasteiger partial charge is 0.306 e. The first kappa shape index (κ1) is 11.8. The Hall–Kier alpha value is -1.31. The van der Waals surface area contributed by atoms with Crippen LogP contribution in [0.1, 0.15) is 36.0 Å². The molecule has 0 amide bonds. The van der Waals surface area contributed by atoms with Gasteiger partial charge in [0, 0.05) is 0 Å². The van der Waals surface area contributed by atoms with Gasteiger partial charge in [-0.3, -0.25) is 4.79 Å². The predicted octanol–water partition coefficient (Wildman–Crippen LogP) is 2.97. The molecule has 2 heteroatoms. The zero-order valence-electron chi connectivity index (χ0n) is 9.83. The van der Waals surface area contributed by atoms with Crippen molar-refractivity contribution >= 4 is 5.97 Å². The molecule has 0 saturated carbocycles. The highest BCUT2D eigenvalue weighted by Gasteiger charge is 2.11. The fourth-order valence-corrected chi connectivity index (χ4v) is 1.52. The highest BCUT2D eigenvalue weighted by molar-refractivity contribution is 5.70. The molecule has 0 spiro atoms. The Balaban J connectivity index is 2.78. The van der Waals surface area contributed by atoms with Crippen molar-refractivity contribution in [1.82, 2.24) is 0 Å². The van der Waals surface area contributed by atoms with Gasteiger partial charge in [-0.25, -0.2) is 0 Å². The fourth-order valence-electron chi connectivity index (χ4n) is 1.52. The fraction of sp³-hybridized carbons (Fsp3) is 0.462. The normalized spacial score (nSPS) is 12.3. The molecular weight excluding hydrogens is 188 g/mol. The van der Waals surface area contributed by atoms with Crippen LogP contribution in [0.3, 0.4) is 0 Å². The van der Waals surface area contributed by atoms with Gasteiger partial charge >= 0.3 is 5.97 Å². The van der Waals surface area contributed by atoms with Crippen molar-refractivity contribution in [2.45, 2.75) is 33.1 Å². The lowest BCUT2D eigenvalue weighted by molar-refractivity contribution is -0.140. The first-order valence-electron chi connectivity index (χ1n) is 5.18. The number of benzene rings is 1. The van der Waals surface area contributed by atoms with Gasteiger partial charge < -0.3 is 4.74 Å². The minimum atomic E-state index is -0.152. The number of hydrogen-bond acceptors (Lipinski definition) is 2. The van der Waals surface area contributed by atoms with Gasteiger partial charge in [-0.05, 0) is 36.5 Å². The Morgan fingerprint density at radius 2 is 2.00 bits per heavy atom. The summed E-state index contributed by atoms with van der Waals surface area (Å²) < 4.78 is 4.66. The maximum absolute atomic E-state index is 11.1. The highest BCUT2D eigenvalue weighted by atomic mass is 16.5. The number of carbonyl (C=O) groups excluding carboxylic acids is 1. The van der Waals surface area contributed by atoms with Crippen LogP contribution >= 0.6 is 0 Å². The summed E-state index contributed by atoms with van der Waals surface area (Å²) in [5, 5.41) is 0. The summed E-state index contributed by atoms with van der Waals surface area (Å²) in [6.45, 7) is 6.22. The number of esters is 1. The number of rotatable bonds is 3. The zero-order chi connectivity index (χ0) is 11.4. The molecule has 1 rings (SSSR count). The van der Waals surface area contributed by atoms with Gasteiger partial charge in [0.2, 0.25) is 0 Å². The van der Waals surface area contributed by atoms with Crippen LogP contribution < -0.4 is 0 Å². The first-order valence-corrected chi connectivity index (χ1v) is 5.18. The molecule has 0 radical (unpaired) electrons. The molecule has 0 fully saturated rings. The van der Waals surface area contributed by atoms with E-state index in [9.17, 15) is 4.79 Å². The molecule has 1 aromatic rings. The molecule has 2 nitrogen and oxygen atoms in total.